The molecule has 46 heteroatoms. The Morgan fingerprint density at radius 3 is 0.949 bits per heavy atom. The van der Waals surface area contributed by atoms with Gasteiger partial charge in [-0.25, -0.2) is 0 Å². The number of rotatable bonds is 18. The van der Waals surface area contributed by atoms with Crippen LogP contribution in [0.25, 0.3) is 0 Å². The maximum absolute atomic E-state index is 11.2. The first-order valence-corrected chi connectivity index (χ1v) is 39.3. The zero-order valence-corrected chi connectivity index (χ0v) is 78.2. The normalized spacial score (nSPS) is 53.8. The van der Waals surface area contributed by atoms with Gasteiger partial charge in [-0.1, -0.05) is 53.6 Å². The van der Waals surface area contributed by atoms with Crippen molar-refractivity contribution in [1.82, 2.24) is 0 Å². The van der Waals surface area contributed by atoms with Crippen LogP contribution in [0.2, 0.25) is 17.5 Å². The summed E-state index contributed by atoms with van der Waals surface area (Å²) in [7, 11) is 18.7. The summed E-state index contributed by atoms with van der Waals surface area (Å²) in [5.41, 5.74) is 42.7. The molecule has 51 atom stereocenters. The van der Waals surface area contributed by atoms with E-state index in [1.165, 1.54) is 6.42 Å². The molecule has 0 spiro atoms. The van der Waals surface area contributed by atoms with Gasteiger partial charge in [0.2, 0.25) is 0 Å². The first-order valence-electron chi connectivity index (χ1n) is 41.4. The number of nitrogens with two attached hydrogens (primary N) is 7. The van der Waals surface area contributed by atoms with E-state index in [1.54, 1.807) is 13.8 Å². The Bertz CT molecular complexity index is 2980. The summed E-state index contributed by atoms with van der Waals surface area (Å²) >= 11 is 0. The third kappa shape index (κ3) is 22.6. The molecule has 0 amide bonds. The van der Waals surface area contributed by atoms with Crippen LogP contribution in [0.3, 0.4) is 0 Å². The summed E-state index contributed by atoms with van der Waals surface area (Å²) in [6, 6.07) is -4.17. The van der Waals surface area contributed by atoms with Crippen LogP contribution >= 0.6 is 0 Å². The second-order valence-corrected chi connectivity index (χ2v) is 33.2. The second kappa shape index (κ2) is 45.4. The standard InChI is InChI=1S/2C26H45BN3O12.C20H32BNO8.W.3Y/c2*1-7-4-10(29)21(41-24-12(27)16(33)22-19(39-24)8(2)6-36-22)23(14(7)31)42-26-18(35)20(9(3)37-26)40-25-13(30)17(34)15(32)11(5-28)38-25;1-7-4-10(22)16(18(13(7)24)30-19-11(23)5-9(3)27-19)29-20-12(21)14(25)17-15(28-20)8(2)6-26-17;;;;/h2*7,9-26,31-35H,4-6,28-30H2,1-3H3;5,7,9-20,23-25H,4,6,22H2,1-3H3;;;;/q2*-1;-2;;;;/t7-,9-,10?,11?,12?,13?,14?,15-,16-,17?,18?,19?,20+,21-,22+,23-,24-,25-,26+;7-,9-,10?,11+,12?,13?,14?,15-,16-,17?,18?,19?,20+,21-,22+,23-,24-,25-,26+;7-,9-,10?,11?,12?,13?,14-,15?,16-,17+,18-,19+,20-;;;;/m111..../s1/i3*3D;;;;. The SMILES string of the molecule is [2H]C[C@@H]1[CH-]C(O)[C@H](O[C@@H]2C(O)[C@H](C)CC(N)[C@H]2O[C@H]2OC3[C-](C)CO[C@H]3[C@H](O)C2[B])O1.[2H]C[C@H]1O[C@@H](O[C@@H]2C(O)[C@H](C)CC(N)[C@H]2O[C@H]2OC3[C-](C)CO[C@H]3[C@H](O)C2[B])C(O)[C@H]1O[C@H]1OC(CN)[C@@H](O)C(O)C1N.[2H]C[C@H]1O[C@@H](O[C@@H]2C(O)[C@H](C)CC(N)[C@H]2O[C@H]2OC3[C-](C)CO[C@H]3[C@H](O)C2[B])C(O)[C@H]1O[C@H]1O[C@@H](CN)[C@@H](O)C(O)C1N.[W].[Y].[Y].[Y]. The Hall–Kier alpha value is 2.63. The fourth-order valence-electron chi connectivity index (χ4n) is 17.5. The molecule has 0 aromatic carbocycles. The van der Waals surface area contributed by atoms with E-state index in [-0.39, 0.29) is 171 Å². The van der Waals surface area contributed by atoms with Crippen molar-refractivity contribution < 1.29 is 280 Å². The minimum absolute atomic E-state index is 0. The van der Waals surface area contributed by atoms with Crippen molar-refractivity contribution in [2.75, 3.05) is 32.9 Å². The number of hydrogen-bond donors (Lipinski definition) is 20. The molecule has 11 heterocycles. The smallest absolute Gasteiger partial charge is 0.187 e. The van der Waals surface area contributed by atoms with Crippen molar-refractivity contribution in [2.24, 2.45) is 57.9 Å². The summed E-state index contributed by atoms with van der Waals surface area (Å²) in [4.78, 5) is 0. The van der Waals surface area contributed by atoms with E-state index in [0.29, 0.717) is 39.1 Å². The summed E-state index contributed by atoms with van der Waals surface area (Å²) in [6.45, 7) is 11.0. The molecule has 118 heavy (non-hydrogen) atoms. The molecule has 20 unspecified atom stereocenters. The minimum atomic E-state index is -1.49. The van der Waals surface area contributed by atoms with Gasteiger partial charge in [-0.05, 0) is 75.2 Å². The van der Waals surface area contributed by atoms with Gasteiger partial charge >= 0.3 is 0 Å². The average Bonchev–Trinajstić information content (AvgIpc) is 1.62. The summed E-state index contributed by atoms with van der Waals surface area (Å²) in [5.74, 6) is -0.995. The van der Waals surface area contributed by atoms with Gasteiger partial charge in [-0.3, -0.25) is 24.2 Å². The molecule has 0 aromatic rings. The summed E-state index contributed by atoms with van der Waals surface area (Å²) < 4.78 is 136. The van der Waals surface area contributed by atoms with E-state index in [4.69, 9.17) is 158 Å². The Balaban J connectivity index is 0.000000225. The van der Waals surface area contributed by atoms with Crippen molar-refractivity contribution >= 4 is 23.5 Å². The fraction of sp³-hybridized carbons (Fsp3) is 0.944. The minimum Gasteiger partial charge on any atom is -0.420 e. The Morgan fingerprint density at radius 1 is 0.364 bits per heavy atom. The molecule has 14 rings (SSSR count). The number of aliphatic hydroxyl groups is 13. The van der Waals surface area contributed by atoms with Gasteiger partial charge in [-0.2, -0.15) is 20.8 Å². The quantitative estimate of drug-likeness (QED) is 0.0448. The number of hydrogen-bond acceptors (Lipinski definition) is 39. The van der Waals surface area contributed by atoms with Gasteiger partial charge in [0.1, 0.15) is 97.7 Å². The van der Waals surface area contributed by atoms with Gasteiger partial charge in [0.25, 0.3) is 0 Å². The van der Waals surface area contributed by atoms with Crippen molar-refractivity contribution in [3.05, 3.63) is 24.2 Å². The first-order chi connectivity index (χ1) is 55.4. The molecule has 3 saturated carbocycles. The van der Waals surface area contributed by atoms with Crippen LogP contribution in [-0.4, -0.2) is 399 Å². The third-order valence-electron chi connectivity index (χ3n) is 24.6. The zero-order valence-electron chi connectivity index (χ0n) is 69.8. The van der Waals surface area contributed by atoms with E-state index < -0.39 is 293 Å². The van der Waals surface area contributed by atoms with Crippen molar-refractivity contribution in [3.8, 4) is 0 Å². The molecule has 14 aliphatic rings. The topological polar surface area (TPSA) is 621 Å². The van der Waals surface area contributed by atoms with Crippen LogP contribution in [0.15, 0.2) is 0 Å². The van der Waals surface area contributed by atoms with E-state index in [0.717, 1.165) is 17.8 Å². The van der Waals surface area contributed by atoms with Gasteiger partial charge in [0, 0.05) is 172 Å². The molecule has 0 bridgehead atoms. The Kier molecular flexibility index (Phi) is 38.9. The number of fused-ring (bicyclic) bond motifs is 3. The zero-order chi connectivity index (χ0) is 85.1. The molecule has 3 aliphatic carbocycles. The van der Waals surface area contributed by atoms with Crippen LogP contribution in [0.5, 0.6) is 0 Å². The molecule has 39 nitrogen and oxygen atoms in total. The van der Waals surface area contributed by atoms with Crippen LogP contribution < -0.4 is 40.1 Å². The predicted molar refractivity (Wildman–Crippen MR) is 391 cm³/mol. The van der Waals surface area contributed by atoms with Gasteiger partial charge in [0.15, 0.2) is 50.3 Å². The molecular formula is C72H122B3N7O32WY3-4. The molecule has 14 fully saturated rings. The van der Waals surface area contributed by atoms with E-state index >= 15 is 0 Å². The Morgan fingerprint density at radius 2 is 0.661 bits per heavy atom. The fourth-order valence-corrected chi connectivity index (χ4v) is 17.5. The maximum atomic E-state index is 11.2. The van der Waals surface area contributed by atoms with Crippen LogP contribution in [0.1, 0.15) is 85.6 Å². The van der Waals surface area contributed by atoms with E-state index in [9.17, 15) is 66.4 Å². The predicted octanol–water partition coefficient (Wildman–Crippen LogP) is -9.69. The summed E-state index contributed by atoms with van der Waals surface area (Å²) in [5, 5.41) is 139. The monoisotopic (exact) mass is 2080 g/mol. The molecule has 9 radical (unpaired) electrons. The third-order valence-corrected chi connectivity index (χ3v) is 24.6. The van der Waals surface area contributed by atoms with E-state index in [1.807, 2.05) is 27.7 Å². The molecule has 11 saturated heterocycles. The second-order valence-electron chi connectivity index (χ2n) is 33.2. The number of aliphatic hydroxyl groups excluding tert-OH is 13. The average molecular weight is 2080 g/mol. The van der Waals surface area contributed by atoms with Crippen LogP contribution in [0.4, 0.5) is 0 Å². The van der Waals surface area contributed by atoms with Gasteiger partial charge in [0.05, 0.1) is 103 Å². The van der Waals surface area contributed by atoms with Crippen molar-refractivity contribution in [1.29, 1.82) is 0 Å². The van der Waals surface area contributed by atoms with Crippen LogP contribution in [0, 0.1) is 41.9 Å². The largest absolute Gasteiger partial charge is 0.420 e. The van der Waals surface area contributed by atoms with Gasteiger partial charge in [-0.15, -0.1) is 0 Å². The molecule has 27 N–H and O–H groups in total. The summed E-state index contributed by atoms with van der Waals surface area (Å²) in [6.07, 6.45) is -38.9. The molecular weight excluding hydrogens is 1960 g/mol. The number of ether oxygens (including phenoxy) is 19. The molecule has 665 valence electrons. The Labute approximate surface area is 786 Å². The van der Waals surface area contributed by atoms with Crippen molar-refractivity contribution in [2.45, 2.75) is 375 Å². The van der Waals surface area contributed by atoms with Gasteiger partial charge < -0.3 is 197 Å². The van der Waals surface area contributed by atoms with Crippen molar-refractivity contribution in [3.63, 3.8) is 0 Å². The maximum Gasteiger partial charge on any atom is 0.187 e. The molecule has 0 aromatic heterocycles. The van der Waals surface area contributed by atoms with E-state index in [2.05, 4.69) is 0 Å². The van der Waals surface area contributed by atoms with Crippen LogP contribution in [-0.2, 0) is 209 Å². The molecule has 11 aliphatic heterocycles. The first kappa shape index (κ1) is 101.